The Balaban J connectivity index is 1.13. The molecule has 0 bridgehead atoms. The lowest BCUT2D eigenvalue weighted by atomic mass is 9.83. The Labute approximate surface area is 301 Å². The molecule has 0 saturated carbocycles. The predicted octanol–water partition coefficient (Wildman–Crippen LogP) is 13.8. The van der Waals surface area contributed by atoms with E-state index in [1.807, 2.05) is 0 Å². The highest BCUT2D eigenvalue weighted by Gasteiger charge is 2.20. The van der Waals surface area contributed by atoms with Gasteiger partial charge in [-0.05, 0) is 150 Å². The van der Waals surface area contributed by atoms with Gasteiger partial charge in [0.05, 0.1) is 0 Å². The van der Waals surface area contributed by atoms with Gasteiger partial charge in [-0.3, -0.25) is 0 Å². The van der Waals surface area contributed by atoms with Gasteiger partial charge in [-0.2, -0.15) is 0 Å². The summed E-state index contributed by atoms with van der Waals surface area (Å²) in [6, 6.07) is 52.9. The number of rotatable bonds is 5. The summed E-state index contributed by atoms with van der Waals surface area (Å²) in [6.07, 6.45) is 15.2. The first-order valence-corrected chi connectivity index (χ1v) is 18.7. The van der Waals surface area contributed by atoms with Crippen molar-refractivity contribution < 1.29 is 0 Å². The molecule has 0 spiro atoms. The molecule has 0 N–H and O–H groups in total. The molecule has 0 unspecified atom stereocenters. The maximum atomic E-state index is 2.49. The first kappa shape index (κ1) is 30.1. The first-order chi connectivity index (χ1) is 25.3. The number of allylic oxidation sites excluding steroid dienone is 4. The van der Waals surface area contributed by atoms with Crippen molar-refractivity contribution in [1.82, 2.24) is 0 Å². The molecule has 244 valence electrons. The van der Waals surface area contributed by atoms with Gasteiger partial charge in [0.25, 0.3) is 0 Å². The van der Waals surface area contributed by atoms with E-state index >= 15 is 0 Å². The van der Waals surface area contributed by atoms with Crippen molar-refractivity contribution in [3.05, 3.63) is 191 Å². The molecule has 0 heteroatoms. The van der Waals surface area contributed by atoms with Crippen LogP contribution < -0.4 is 0 Å². The van der Waals surface area contributed by atoms with Crippen LogP contribution in [0.2, 0.25) is 0 Å². The van der Waals surface area contributed by atoms with Gasteiger partial charge in [0.15, 0.2) is 0 Å². The number of aryl methyl sites for hydroxylation is 2. The lowest BCUT2D eigenvalue weighted by Crippen LogP contribution is -2.00. The number of hydrogen-bond acceptors (Lipinski definition) is 0. The minimum absolute atomic E-state index is 1.08. The van der Waals surface area contributed by atoms with Gasteiger partial charge in [0, 0.05) is 0 Å². The summed E-state index contributed by atoms with van der Waals surface area (Å²) >= 11 is 0. The third-order valence-electron chi connectivity index (χ3n) is 11.6. The summed E-state index contributed by atoms with van der Waals surface area (Å²) < 4.78 is 0. The molecule has 0 heterocycles. The average Bonchev–Trinajstić information content (AvgIpc) is 3.75. The lowest BCUT2D eigenvalue weighted by molar-refractivity contribution is 0.935. The maximum Gasteiger partial charge on any atom is -0.00261 e. The van der Waals surface area contributed by atoms with Gasteiger partial charge in [-0.15, -0.1) is 0 Å². The molecule has 10 rings (SSSR count). The van der Waals surface area contributed by atoms with Crippen LogP contribution in [0.3, 0.4) is 0 Å². The molecule has 0 nitrogen and oxygen atoms in total. The Hall–Kier alpha value is -5.72. The quantitative estimate of drug-likeness (QED) is 0.162. The van der Waals surface area contributed by atoms with Crippen LogP contribution in [-0.4, -0.2) is 0 Å². The summed E-state index contributed by atoms with van der Waals surface area (Å²) in [5.41, 5.74) is 19.1. The zero-order valence-corrected chi connectivity index (χ0v) is 29.0. The van der Waals surface area contributed by atoms with E-state index in [9.17, 15) is 0 Å². The monoisotopic (exact) mass is 652 g/mol. The Bertz CT molecular complexity index is 2570. The molecule has 0 radical (unpaired) electrons. The van der Waals surface area contributed by atoms with Crippen LogP contribution in [0.1, 0.15) is 71.0 Å². The van der Waals surface area contributed by atoms with Crippen LogP contribution >= 0.6 is 0 Å². The zero-order chi connectivity index (χ0) is 33.7. The summed E-state index contributed by atoms with van der Waals surface area (Å²) in [7, 11) is 0. The van der Waals surface area contributed by atoms with Crippen LogP contribution in [0.4, 0.5) is 0 Å². The molecule has 51 heavy (non-hydrogen) atoms. The Morgan fingerprint density at radius 2 is 1.00 bits per heavy atom. The molecule has 7 aromatic rings. The summed E-state index contributed by atoms with van der Waals surface area (Å²) in [6.45, 7) is 0. The van der Waals surface area contributed by atoms with E-state index < -0.39 is 0 Å². The molecular weight excluding hydrogens is 613 g/mol. The average molecular weight is 653 g/mol. The summed E-state index contributed by atoms with van der Waals surface area (Å²) in [4.78, 5) is 0. The third-order valence-corrected chi connectivity index (χ3v) is 11.6. The van der Waals surface area contributed by atoms with Crippen LogP contribution in [0.25, 0.3) is 66.6 Å². The highest BCUT2D eigenvalue weighted by atomic mass is 14.2. The summed E-state index contributed by atoms with van der Waals surface area (Å²) in [5.74, 6) is 0. The van der Waals surface area contributed by atoms with Crippen molar-refractivity contribution in [2.75, 3.05) is 0 Å². The van der Waals surface area contributed by atoms with Crippen molar-refractivity contribution in [3.8, 4) is 22.3 Å². The van der Waals surface area contributed by atoms with E-state index in [4.69, 9.17) is 0 Å². The number of hydrogen-bond donors (Lipinski definition) is 0. The molecule has 0 saturated heterocycles. The minimum atomic E-state index is 1.08. The fourth-order valence-corrected chi connectivity index (χ4v) is 9.02. The fraction of sp³-hybridized carbons (Fsp3) is 0.137. The van der Waals surface area contributed by atoms with E-state index in [0.29, 0.717) is 0 Å². The molecule has 3 aliphatic rings. The van der Waals surface area contributed by atoms with Crippen molar-refractivity contribution in [2.45, 2.75) is 44.9 Å². The predicted molar refractivity (Wildman–Crippen MR) is 219 cm³/mol. The van der Waals surface area contributed by atoms with Crippen molar-refractivity contribution in [2.24, 2.45) is 0 Å². The van der Waals surface area contributed by atoms with Crippen LogP contribution in [0, 0.1) is 0 Å². The second-order valence-electron chi connectivity index (χ2n) is 14.5. The fourth-order valence-electron chi connectivity index (χ4n) is 9.02. The smallest absolute Gasteiger partial charge is 0.00261 e. The molecule has 7 aromatic carbocycles. The van der Waals surface area contributed by atoms with Crippen molar-refractivity contribution in [1.29, 1.82) is 0 Å². The van der Waals surface area contributed by atoms with E-state index in [-0.39, 0.29) is 0 Å². The zero-order valence-electron chi connectivity index (χ0n) is 29.0. The van der Waals surface area contributed by atoms with Gasteiger partial charge in [-0.25, -0.2) is 0 Å². The molecule has 0 amide bonds. The Kier molecular flexibility index (Phi) is 7.42. The molecule has 0 fully saturated rings. The van der Waals surface area contributed by atoms with E-state index in [2.05, 4.69) is 158 Å². The second-order valence-corrected chi connectivity index (χ2v) is 14.5. The number of fused-ring (bicyclic) bond motifs is 4. The normalized spacial score (nSPS) is 15.3. The number of benzene rings is 7. The van der Waals surface area contributed by atoms with Crippen molar-refractivity contribution >= 4 is 44.3 Å². The third kappa shape index (κ3) is 5.29. The van der Waals surface area contributed by atoms with E-state index in [0.717, 1.165) is 32.1 Å². The van der Waals surface area contributed by atoms with Gasteiger partial charge in [-0.1, -0.05) is 152 Å². The topological polar surface area (TPSA) is 0 Å². The van der Waals surface area contributed by atoms with Crippen LogP contribution in [0.5, 0.6) is 0 Å². The first-order valence-electron chi connectivity index (χ1n) is 18.7. The minimum Gasteiger partial charge on any atom is -0.0807 e. The van der Waals surface area contributed by atoms with Gasteiger partial charge >= 0.3 is 0 Å². The molecule has 0 atom stereocenters. The van der Waals surface area contributed by atoms with E-state index in [1.54, 1.807) is 0 Å². The highest BCUT2D eigenvalue weighted by molar-refractivity contribution is 6.21. The van der Waals surface area contributed by atoms with Crippen LogP contribution in [-0.2, 0) is 12.8 Å². The van der Waals surface area contributed by atoms with Crippen LogP contribution in [0.15, 0.2) is 152 Å². The Morgan fingerprint density at radius 1 is 0.373 bits per heavy atom. The molecular formula is C51H40. The highest BCUT2D eigenvalue weighted by Crippen LogP contribution is 2.46. The van der Waals surface area contributed by atoms with Gasteiger partial charge in [0.1, 0.15) is 0 Å². The molecule has 3 aliphatic carbocycles. The Morgan fingerprint density at radius 3 is 1.76 bits per heavy atom. The summed E-state index contributed by atoms with van der Waals surface area (Å²) in [5, 5.41) is 5.26. The standard InChI is InChI=1S/C51H40/c1-2-11-34(10-1)43-30-31-48-49(33-43)51(40-27-23-38(24-28-40)45-19-9-15-37-13-5-6-16-44(37)45)47-18-8-7-17-46(47)50(48)39-25-20-36(21-26-39)42-29-22-35-12-3-4-14-41(35)32-42/h3-8,10,12-14,16-21,23-28,30-33H,1-2,9,11,15,22,29H2. The molecule has 0 aromatic heterocycles. The second kappa shape index (κ2) is 12.6. The maximum absolute atomic E-state index is 2.49. The van der Waals surface area contributed by atoms with Crippen molar-refractivity contribution in [3.63, 3.8) is 0 Å². The van der Waals surface area contributed by atoms with Gasteiger partial charge in [0.2, 0.25) is 0 Å². The largest absolute Gasteiger partial charge is 0.0807 e. The SMILES string of the molecule is C1=C(c2ccc3c(-c4ccc(C5=Cc6ccccc6CC5)cc4)c4ccccc4c(-c4ccc(C5=CCCc6ccccc65)cc4)c3c2)CCC1. The van der Waals surface area contributed by atoms with Gasteiger partial charge < -0.3 is 0 Å². The lowest BCUT2D eigenvalue weighted by Gasteiger charge is -2.21. The molecule has 0 aliphatic heterocycles. The van der Waals surface area contributed by atoms with E-state index in [1.165, 1.54) is 112 Å².